The van der Waals surface area contributed by atoms with E-state index < -0.39 is 0 Å². The van der Waals surface area contributed by atoms with Gasteiger partial charge in [0.1, 0.15) is 11.6 Å². The summed E-state index contributed by atoms with van der Waals surface area (Å²) in [7, 11) is 0. The molecule has 210 valence electrons. The molecule has 2 aliphatic heterocycles. The van der Waals surface area contributed by atoms with Gasteiger partial charge in [-0.25, -0.2) is 0 Å². The number of amidine groups is 1. The van der Waals surface area contributed by atoms with Crippen molar-refractivity contribution in [3.63, 3.8) is 0 Å². The van der Waals surface area contributed by atoms with E-state index in [1.54, 1.807) is 6.26 Å². The normalized spacial score (nSPS) is 22.5. The molecule has 1 saturated carbocycles. The van der Waals surface area contributed by atoms with Gasteiger partial charge in [-0.15, -0.1) is 0 Å². The van der Waals surface area contributed by atoms with Gasteiger partial charge in [0.25, 0.3) is 0 Å². The number of hydrogen-bond donors (Lipinski definition) is 2. The van der Waals surface area contributed by atoms with E-state index in [1.165, 1.54) is 5.56 Å². The molecule has 2 amide bonds. The first-order chi connectivity index (χ1) is 19.0. The second kappa shape index (κ2) is 12.7. The van der Waals surface area contributed by atoms with E-state index in [9.17, 15) is 9.59 Å². The number of nitrogens with one attached hydrogen (secondary N) is 2. The molecule has 9 heteroatoms. The molecule has 0 bridgehead atoms. The number of hydrogen-bond acceptors (Lipinski definition) is 7. The van der Waals surface area contributed by atoms with E-state index in [0.29, 0.717) is 32.0 Å². The third-order valence-corrected chi connectivity index (χ3v) is 8.30. The fraction of sp³-hybridized carbons (Fsp3) is 0.567. The molecular weight excluding hydrogens is 492 g/mol. The summed E-state index contributed by atoms with van der Waals surface area (Å²) in [6.45, 7) is 7.01. The van der Waals surface area contributed by atoms with E-state index >= 15 is 0 Å². The van der Waals surface area contributed by atoms with E-state index in [4.69, 9.17) is 4.42 Å². The quantitative estimate of drug-likeness (QED) is 0.433. The number of rotatable bonds is 12. The van der Waals surface area contributed by atoms with Crippen LogP contribution < -0.4 is 10.7 Å². The van der Waals surface area contributed by atoms with Gasteiger partial charge < -0.3 is 19.5 Å². The van der Waals surface area contributed by atoms with E-state index in [0.717, 1.165) is 56.8 Å². The minimum Gasteiger partial charge on any atom is -0.468 e. The van der Waals surface area contributed by atoms with E-state index in [1.807, 2.05) is 35.2 Å². The van der Waals surface area contributed by atoms with Gasteiger partial charge in [-0.05, 0) is 50.8 Å². The number of carbonyl (C=O) groups excluding carboxylic acids is 2. The average Bonchev–Trinajstić information content (AvgIpc) is 3.62. The average molecular weight is 535 g/mol. The van der Waals surface area contributed by atoms with Crippen LogP contribution in [0.5, 0.6) is 0 Å². The molecule has 3 unspecified atom stereocenters. The number of amides is 2. The molecule has 1 aromatic heterocycles. The van der Waals surface area contributed by atoms with Crippen LogP contribution in [-0.2, 0) is 22.6 Å². The van der Waals surface area contributed by atoms with Crippen molar-refractivity contribution in [1.82, 2.24) is 25.4 Å². The summed E-state index contributed by atoms with van der Waals surface area (Å²) >= 11 is 0. The Labute approximate surface area is 231 Å². The Morgan fingerprint density at radius 3 is 2.74 bits per heavy atom. The molecule has 3 aliphatic rings. The number of furan rings is 1. The van der Waals surface area contributed by atoms with Crippen LogP contribution in [0, 0.1) is 5.92 Å². The summed E-state index contributed by atoms with van der Waals surface area (Å²) in [6, 6.07) is 14.7. The molecule has 2 fully saturated rings. The van der Waals surface area contributed by atoms with Crippen molar-refractivity contribution in [3.05, 3.63) is 60.1 Å². The number of hydrazone groups is 1. The molecule has 9 nitrogen and oxygen atoms in total. The van der Waals surface area contributed by atoms with Gasteiger partial charge in [0.05, 0.1) is 18.7 Å². The Kier molecular flexibility index (Phi) is 8.86. The molecule has 1 aromatic carbocycles. The lowest BCUT2D eigenvalue weighted by molar-refractivity contribution is -0.155. The molecule has 1 aliphatic carbocycles. The molecule has 3 atom stereocenters. The fourth-order valence-corrected chi connectivity index (χ4v) is 6.14. The second-order valence-electron chi connectivity index (χ2n) is 11.2. The summed E-state index contributed by atoms with van der Waals surface area (Å²) in [6.07, 6.45) is 7.30. The third-order valence-electron chi connectivity index (χ3n) is 8.30. The van der Waals surface area contributed by atoms with Gasteiger partial charge >= 0.3 is 0 Å². The van der Waals surface area contributed by atoms with Gasteiger partial charge in [-0.3, -0.25) is 19.9 Å². The lowest BCUT2D eigenvalue weighted by Gasteiger charge is -2.50. The van der Waals surface area contributed by atoms with Crippen LogP contribution in [0.4, 0.5) is 0 Å². The summed E-state index contributed by atoms with van der Waals surface area (Å²) in [5.41, 5.74) is 4.47. The highest BCUT2D eigenvalue weighted by Gasteiger charge is 2.50. The van der Waals surface area contributed by atoms with E-state index in [2.05, 4.69) is 51.6 Å². The molecule has 2 N–H and O–H groups in total. The van der Waals surface area contributed by atoms with Gasteiger partial charge in [0.2, 0.25) is 11.8 Å². The van der Waals surface area contributed by atoms with Gasteiger partial charge in [0, 0.05) is 44.6 Å². The highest BCUT2D eigenvalue weighted by molar-refractivity contribution is 5.91. The van der Waals surface area contributed by atoms with Gasteiger partial charge in [-0.2, -0.15) is 5.10 Å². The zero-order valence-electron chi connectivity index (χ0n) is 23.2. The van der Waals surface area contributed by atoms with Crippen molar-refractivity contribution in [2.24, 2.45) is 11.0 Å². The molecule has 0 radical (unpaired) electrons. The van der Waals surface area contributed by atoms with E-state index in [-0.39, 0.29) is 30.1 Å². The monoisotopic (exact) mass is 534 g/mol. The fourth-order valence-electron chi connectivity index (χ4n) is 6.14. The predicted molar refractivity (Wildman–Crippen MR) is 150 cm³/mol. The van der Waals surface area contributed by atoms with Crippen molar-refractivity contribution >= 4 is 17.6 Å². The topological polar surface area (TPSA) is 93.4 Å². The van der Waals surface area contributed by atoms with Crippen LogP contribution in [0.15, 0.2) is 58.2 Å². The Morgan fingerprint density at radius 2 is 1.97 bits per heavy atom. The van der Waals surface area contributed by atoms with Crippen molar-refractivity contribution in [3.8, 4) is 0 Å². The first kappa shape index (κ1) is 27.2. The van der Waals surface area contributed by atoms with Gasteiger partial charge in [0.15, 0.2) is 6.29 Å². The van der Waals surface area contributed by atoms with Crippen molar-refractivity contribution in [2.45, 2.75) is 83.7 Å². The SMILES string of the molecule is CC(C)N(CCNC(=O)CCC1=NNC2N(CCc3ccccc3)C(=O)C3CCCCC3N12)Cc1ccco1. The molecule has 5 rings (SSSR count). The minimum atomic E-state index is -0.264. The molecule has 3 heterocycles. The lowest BCUT2D eigenvalue weighted by atomic mass is 9.80. The summed E-state index contributed by atoms with van der Waals surface area (Å²) < 4.78 is 5.49. The number of fused-ring (bicyclic) bond motifs is 3. The Morgan fingerprint density at radius 1 is 1.15 bits per heavy atom. The van der Waals surface area contributed by atoms with Crippen LogP contribution in [0.2, 0.25) is 0 Å². The maximum atomic E-state index is 13.6. The summed E-state index contributed by atoms with van der Waals surface area (Å²) in [5, 5.41) is 7.74. The first-order valence-electron chi connectivity index (χ1n) is 14.5. The molecule has 1 saturated heterocycles. The molecule has 0 spiro atoms. The number of benzene rings is 1. The van der Waals surface area contributed by atoms with Gasteiger partial charge in [-0.1, -0.05) is 43.2 Å². The summed E-state index contributed by atoms with van der Waals surface area (Å²) in [5.74, 6) is 2.09. The van der Waals surface area contributed by atoms with Crippen molar-refractivity contribution in [2.75, 3.05) is 19.6 Å². The molecule has 2 aromatic rings. The van der Waals surface area contributed by atoms with Crippen molar-refractivity contribution < 1.29 is 14.0 Å². The highest BCUT2D eigenvalue weighted by atomic mass is 16.3. The maximum Gasteiger partial charge on any atom is 0.230 e. The zero-order chi connectivity index (χ0) is 27.2. The second-order valence-corrected chi connectivity index (χ2v) is 11.2. The minimum absolute atomic E-state index is 0.000813. The smallest absolute Gasteiger partial charge is 0.230 e. The third kappa shape index (κ3) is 6.46. The number of carbonyl (C=O) groups is 2. The Hall–Kier alpha value is -3.33. The molecule has 39 heavy (non-hydrogen) atoms. The maximum absolute atomic E-state index is 13.6. The standard InChI is InChI=1S/C30H42N6O3/c1-22(2)34(21-24-11-8-20-39-24)19-17-31-28(37)15-14-27-32-33-30-35(18-16-23-9-4-3-5-10-23)29(38)25-12-6-7-13-26(25)36(27)30/h3-5,8-11,20,22,25-26,30,33H,6-7,12-19,21H2,1-2H3,(H,31,37). The Balaban J connectivity index is 1.15. The van der Waals surface area contributed by atoms with Crippen LogP contribution >= 0.6 is 0 Å². The van der Waals surface area contributed by atoms with Crippen LogP contribution in [-0.4, -0.2) is 70.4 Å². The summed E-state index contributed by atoms with van der Waals surface area (Å²) in [4.78, 5) is 32.9. The van der Waals surface area contributed by atoms with Crippen molar-refractivity contribution in [1.29, 1.82) is 0 Å². The molecular formula is C30H42N6O3. The zero-order valence-corrected chi connectivity index (χ0v) is 23.2. The van der Waals surface area contributed by atoms with Crippen LogP contribution in [0.3, 0.4) is 0 Å². The Bertz CT molecular complexity index is 1120. The van der Waals surface area contributed by atoms with Crippen LogP contribution in [0.25, 0.3) is 0 Å². The number of nitrogens with zero attached hydrogens (tertiary/aromatic N) is 4. The van der Waals surface area contributed by atoms with Crippen LogP contribution in [0.1, 0.15) is 63.7 Å². The predicted octanol–water partition coefficient (Wildman–Crippen LogP) is 3.53. The highest BCUT2D eigenvalue weighted by Crippen LogP contribution is 2.37. The lowest BCUT2D eigenvalue weighted by Crippen LogP contribution is -2.67. The first-order valence-corrected chi connectivity index (χ1v) is 14.5. The largest absolute Gasteiger partial charge is 0.468 e.